The molecule has 138 valence electrons. The number of anilines is 1. The molecule has 3 rings (SSSR count). The maximum atomic E-state index is 13.7. The molecule has 1 heterocycles. The Kier molecular flexibility index (Phi) is 5.60. The van der Waals surface area contributed by atoms with Gasteiger partial charge in [-0.15, -0.1) is 0 Å². The van der Waals surface area contributed by atoms with Crippen molar-refractivity contribution >= 4 is 33.2 Å². The van der Waals surface area contributed by atoms with Crippen LogP contribution in [0.4, 0.5) is 10.1 Å². The third-order valence-electron chi connectivity index (χ3n) is 4.34. The van der Waals surface area contributed by atoms with E-state index in [2.05, 4.69) is 5.32 Å². The highest BCUT2D eigenvalue weighted by Crippen LogP contribution is 2.26. The van der Waals surface area contributed by atoms with Gasteiger partial charge in [0.15, 0.2) is 0 Å². The summed E-state index contributed by atoms with van der Waals surface area (Å²) >= 11 is 5.81. The molecule has 1 saturated heterocycles. The Labute approximate surface area is 156 Å². The maximum absolute atomic E-state index is 13.7. The van der Waals surface area contributed by atoms with Crippen molar-refractivity contribution < 1.29 is 17.6 Å². The molecule has 0 saturated carbocycles. The number of carbonyl (C=O) groups excluding carboxylic acids is 1. The van der Waals surface area contributed by atoms with Gasteiger partial charge in [0.1, 0.15) is 5.82 Å². The lowest BCUT2D eigenvalue weighted by Gasteiger charge is -2.31. The number of nitrogens with zero attached hydrogens (tertiary/aromatic N) is 1. The monoisotopic (exact) mass is 396 g/mol. The van der Waals surface area contributed by atoms with Crippen molar-refractivity contribution in [2.24, 2.45) is 5.92 Å². The fraction of sp³-hybridized carbons (Fsp3) is 0.278. The minimum Gasteiger partial charge on any atom is -0.323 e. The Bertz CT molecular complexity index is 903. The second-order valence-corrected chi connectivity index (χ2v) is 8.50. The number of rotatable bonds is 4. The third-order valence-corrected chi connectivity index (χ3v) is 6.47. The molecule has 26 heavy (non-hydrogen) atoms. The van der Waals surface area contributed by atoms with Crippen molar-refractivity contribution in [2.75, 3.05) is 18.4 Å². The number of piperidine rings is 1. The molecule has 1 atom stereocenters. The van der Waals surface area contributed by atoms with Crippen molar-refractivity contribution in [3.8, 4) is 0 Å². The summed E-state index contributed by atoms with van der Waals surface area (Å²) in [4.78, 5) is 12.6. The van der Waals surface area contributed by atoms with Crippen LogP contribution in [0.1, 0.15) is 12.8 Å². The summed E-state index contributed by atoms with van der Waals surface area (Å²) in [6.07, 6.45) is 1.11. The second-order valence-electron chi connectivity index (χ2n) is 6.13. The van der Waals surface area contributed by atoms with Crippen LogP contribution in [0.2, 0.25) is 5.02 Å². The van der Waals surface area contributed by atoms with Gasteiger partial charge >= 0.3 is 0 Å². The van der Waals surface area contributed by atoms with Crippen molar-refractivity contribution in [3.63, 3.8) is 0 Å². The summed E-state index contributed by atoms with van der Waals surface area (Å²) in [6, 6.07) is 11.8. The molecule has 1 aliphatic heterocycles. The molecular weight excluding hydrogens is 379 g/mol. The van der Waals surface area contributed by atoms with E-state index in [0.29, 0.717) is 24.4 Å². The van der Waals surface area contributed by atoms with E-state index in [4.69, 9.17) is 11.6 Å². The number of hydrogen-bond acceptors (Lipinski definition) is 3. The Morgan fingerprint density at radius 3 is 2.54 bits per heavy atom. The number of nitrogens with one attached hydrogen (secondary N) is 1. The lowest BCUT2D eigenvalue weighted by molar-refractivity contribution is -0.120. The molecule has 2 aromatic carbocycles. The van der Waals surface area contributed by atoms with Crippen LogP contribution in [0.3, 0.4) is 0 Å². The molecule has 0 bridgehead atoms. The fourth-order valence-electron chi connectivity index (χ4n) is 2.93. The largest absolute Gasteiger partial charge is 0.323 e. The van der Waals surface area contributed by atoms with Gasteiger partial charge in [0, 0.05) is 18.1 Å². The second kappa shape index (κ2) is 7.73. The number of sulfonamides is 1. The highest BCUT2D eigenvalue weighted by Gasteiger charge is 2.33. The van der Waals surface area contributed by atoms with Gasteiger partial charge in [-0.1, -0.05) is 23.7 Å². The van der Waals surface area contributed by atoms with Crippen molar-refractivity contribution in [2.45, 2.75) is 17.7 Å². The zero-order chi connectivity index (χ0) is 18.7. The highest BCUT2D eigenvalue weighted by molar-refractivity contribution is 7.89. The number of amides is 1. The van der Waals surface area contributed by atoms with Gasteiger partial charge in [-0.05, 0) is 49.2 Å². The Morgan fingerprint density at radius 2 is 1.85 bits per heavy atom. The molecule has 0 aromatic heterocycles. The summed E-state index contributed by atoms with van der Waals surface area (Å²) in [5.41, 5.74) is 0.0928. The van der Waals surface area contributed by atoms with E-state index >= 15 is 0 Å². The number of carbonyl (C=O) groups is 1. The van der Waals surface area contributed by atoms with Crippen LogP contribution in [-0.4, -0.2) is 31.7 Å². The molecule has 0 spiro atoms. The molecule has 0 radical (unpaired) electrons. The van der Waals surface area contributed by atoms with Crippen LogP contribution in [0.5, 0.6) is 0 Å². The predicted octanol–water partition coefficient (Wildman–Crippen LogP) is 3.52. The third kappa shape index (κ3) is 4.06. The summed E-state index contributed by atoms with van der Waals surface area (Å²) in [5, 5.41) is 3.00. The normalized spacial score (nSPS) is 18.5. The van der Waals surface area contributed by atoms with E-state index in [1.54, 1.807) is 6.07 Å². The number of para-hydroxylation sites is 1. The van der Waals surface area contributed by atoms with Crippen molar-refractivity contribution in [1.29, 1.82) is 0 Å². The van der Waals surface area contributed by atoms with Gasteiger partial charge in [0.2, 0.25) is 15.9 Å². The Morgan fingerprint density at radius 1 is 1.15 bits per heavy atom. The van der Waals surface area contributed by atoms with E-state index in [1.165, 1.54) is 46.8 Å². The topological polar surface area (TPSA) is 66.5 Å². The first-order valence-corrected chi connectivity index (χ1v) is 10.0. The summed E-state index contributed by atoms with van der Waals surface area (Å²) in [6.45, 7) is 0.402. The molecule has 5 nitrogen and oxygen atoms in total. The van der Waals surface area contributed by atoms with Crippen LogP contribution < -0.4 is 5.32 Å². The van der Waals surface area contributed by atoms with E-state index < -0.39 is 21.8 Å². The lowest BCUT2D eigenvalue weighted by atomic mass is 9.98. The molecule has 0 aliphatic carbocycles. The van der Waals surface area contributed by atoms with E-state index in [-0.39, 0.29) is 23.0 Å². The van der Waals surface area contributed by atoms with Gasteiger partial charge in [-0.25, -0.2) is 12.8 Å². The van der Waals surface area contributed by atoms with Gasteiger partial charge < -0.3 is 5.32 Å². The van der Waals surface area contributed by atoms with Gasteiger partial charge in [-0.3, -0.25) is 4.79 Å². The summed E-state index contributed by atoms with van der Waals surface area (Å²) < 4.78 is 40.5. The van der Waals surface area contributed by atoms with Gasteiger partial charge in [0.25, 0.3) is 0 Å². The first-order valence-electron chi connectivity index (χ1n) is 8.19. The quantitative estimate of drug-likeness (QED) is 0.859. The van der Waals surface area contributed by atoms with Gasteiger partial charge in [0.05, 0.1) is 16.5 Å². The van der Waals surface area contributed by atoms with E-state index in [1.807, 2.05) is 0 Å². The first kappa shape index (κ1) is 18.8. The minimum atomic E-state index is -3.71. The van der Waals surface area contributed by atoms with E-state index in [0.717, 1.165) is 0 Å². The summed E-state index contributed by atoms with van der Waals surface area (Å²) in [7, 11) is -3.71. The SMILES string of the molecule is O=C(Nc1ccccc1F)[C@@H]1CCCN(S(=O)(=O)c2ccc(Cl)cc2)C1. The lowest BCUT2D eigenvalue weighted by Crippen LogP contribution is -2.43. The van der Waals surface area contributed by atoms with Crippen LogP contribution in [-0.2, 0) is 14.8 Å². The van der Waals surface area contributed by atoms with Crippen molar-refractivity contribution in [3.05, 3.63) is 59.4 Å². The van der Waals surface area contributed by atoms with Crippen molar-refractivity contribution in [1.82, 2.24) is 4.31 Å². The maximum Gasteiger partial charge on any atom is 0.243 e. The number of benzene rings is 2. The molecular formula is C18H18ClFN2O3S. The van der Waals surface area contributed by atoms with Gasteiger partial charge in [-0.2, -0.15) is 4.31 Å². The number of hydrogen-bond donors (Lipinski definition) is 1. The summed E-state index contributed by atoms with van der Waals surface area (Å²) in [5.74, 6) is -1.45. The Hall–Kier alpha value is -1.96. The molecule has 0 unspecified atom stereocenters. The van der Waals surface area contributed by atoms with Crippen LogP contribution in [0.25, 0.3) is 0 Å². The number of halogens is 2. The molecule has 1 fully saturated rings. The molecule has 2 aromatic rings. The average Bonchev–Trinajstić information content (AvgIpc) is 2.64. The van der Waals surface area contributed by atoms with Crippen LogP contribution >= 0.6 is 11.6 Å². The standard InChI is InChI=1S/C18H18ClFN2O3S/c19-14-7-9-15(10-8-14)26(24,25)22-11-3-4-13(12-22)18(23)21-17-6-2-1-5-16(17)20/h1-2,5-10,13H,3-4,11-12H2,(H,21,23)/t13-/m1/s1. The highest BCUT2D eigenvalue weighted by atomic mass is 35.5. The fourth-order valence-corrected chi connectivity index (χ4v) is 4.58. The van der Waals surface area contributed by atoms with Crippen LogP contribution in [0.15, 0.2) is 53.4 Å². The smallest absolute Gasteiger partial charge is 0.243 e. The average molecular weight is 397 g/mol. The zero-order valence-electron chi connectivity index (χ0n) is 13.9. The zero-order valence-corrected chi connectivity index (χ0v) is 15.4. The minimum absolute atomic E-state index is 0.0608. The first-order chi connectivity index (χ1) is 12.4. The predicted molar refractivity (Wildman–Crippen MR) is 98.0 cm³/mol. The van der Waals surface area contributed by atoms with E-state index in [9.17, 15) is 17.6 Å². The molecule has 1 amide bonds. The van der Waals surface area contributed by atoms with Crippen LogP contribution in [0, 0.1) is 11.7 Å². The molecule has 1 N–H and O–H groups in total. The Balaban J connectivity index is 1.73. The molecule has 8 heteroatoms. The molecule has 1 aliphatic rings.